The molecule has 1 saturated heterocycles. The van der Waals surface area contributed by atoms with Crippen molar-refractivity contribution in [3.8, 4) is 0 Å². The average Bonchev–Trinajstić information content (AvgIpc) is 2.82. The van der Waals surface area contributed by atoms with Crippen LogP contribution in [0.15, 0.2) is 23.1 Å². The molecule has 0 radical (unpaired) electrons. The topological polar surface area (TPSA) is 113 Å². The minimum absolute atomic E-state index is 0.0758. The number of hydrogen-bond donors (Lipinski definition) is 3. The molecule has 1 amide bonds. The van der Waals surface area contributed by atoms with Crippen molar-refractivity contribution in [1.29, 1.82) is 0 Å². The number of hydrogen-bond acceptors (Lipinski definition) is 4. The maximum Gasteiger partial charge on any atom is 0.337 e. The van der Waals surface area contributed by atoms with E-state index in [0.29, 0.717) is 12.8 Å². The summed E-state index contributed by atoms with van der Waals surface area (Å²) < 4.78 is 26.5. The summed E-state index contributed by atoms with van der Waals surface area (Å²) in [4.78, 5) is 21.7. The number of amides is 1. The van der Waals surface area contributed by atoms with Gasteiger partial charge in [0.25, 0.3) is 0 Å². The molecule has 0 bridgehead atoms. The second kappa shape index (κ2) is 6.00. The second-order valence-corrected chi connectivity index (χ2v) is 6.78. The van der Waals surface area contributed by atoms with Crippen LogP contribution in [-0.2, 0) is 14.8 Å². The van der Waals surface area contributed by atoms with Crippen molar-refractivity contribution in [3.63, 3.8) is 0 Å². The summed E-state index contributed by atoms with van der Waals surface area (Å²) in [5, 5.41) is 11.3. The highest BCUT2D eigenvalue weighted by atomic mass is 35.5. The van der Waals surface area contributed by atoms with E-state index in [2.05, 4.69) is 10.0 Å². The number of nitrogens with one attached hydrogen (secondary N) is 2. The lowest BCUT2D eigenvalue weighted by molar-refractivity contribution is -0.119. The Labute approximate surface area is 126 Å². The summed E-state index contributed by atoms with van der Waals surface area (Å²) in [5.74, 6) is -1.33. The van der Waals surface area contributed by atoms with Gasteiger partial charge in [-0.15, -0.1) is 0 Å². The highest BCUT2D eigenvalue weighted by Crippen LogP contribution is 2.21. The fourth-order valence-corrected chi connectivity index (χ4v) is 3.39. The van der Waals surface area contributed by atoms with Crippen LogP contribution in [0.1, 0.15) is 23.2 Å². The Balaban J connectivity index is 2.10. The molecule has 3 N–H and O–H groups in total. The zero-order chi connectivity index (χ0) is 15.6. The van der Waals surface area contributed by atoms with Gasteiger partial charge in [-0.1, -0.05) is 11.6 Å². The maximum absolute atomic E-state index is 12.1. The van der Waals surface area contributed by atoms with Crippen molar-refractivity contribution in [2.75, 3.05) is 6.54 Å². The van der Waals surface area contributed by atoms with Gasteiger partial charge in [0.05, 0.1) is 15.5 Å². The highest BCUT2D eigenvalue weighted by Gasteiger charge is 2.24. The number of aromatic carboxylic acids is 1. The summed E-state index contributed by atoms with van der Waals surface area (Å²) in [5.41, 5.74) is -0.168. The normalized spacial score (nSPS) is 18.5. The lowest BCUT2D eigenvalue weighted by Crippen LogP contribution is -2.38. The van der Waals surface area contributed by atoms with Gasteiger partial charge in [0.2, 0.25) is 15.9 Å². The molecule has 1 atom stereocenters. The predicted molar refractivity (Wildman–Crippen MR) is 74.8 cm³/mol. The van der Waals surface area contributed by atoms with E-state index in [-0.39, 0.29) is 34.0 Å². The van der Waals surface area contributed by atoms with E-state index < -0.39 is 16.0 Å². The van der Waals surface area contributed by atoms with Crippen molar-refractivity contribution >= 4 is 33.5 Å². The van der Waals surface area contributed by atoms with E-state index >= 15 is 0 Å². The number of sulfonamides is 1. The van der Waals surface area contributed by atoms with Crippen LogP contribution >= 0.6 is 11.6 Å². The quantitative estimate of drug-likeness (QED) is 0.730. The second-order valence-electron chi connectivity index (χ2n) is 4.60. The number of carbonyl (C=O) groups excluding carboxylic acids is 1. The lowest BCUT2D eigenvalue weighted by atomic mass is 10.2. The molecule has 9 heteroatoms. The molecule has 0 aromatic heterocycles. The van der Waals surface area contributed by atoms with Gasteiger partial charge in [0.1, 0.15) is 0 Å². The number of rotatable bonds is 5. The van der Waals surface area contributed by atoms with E-state index in [1.54, 1.807) is 0 Å². The first kappa shape index (κ1) is 15.7. The van der Waals surface area contributed by atoms with E-state index in [0.717, 1.165) is 12.1 Å². The van der Waals surface area contributed by atoms with Crippen LogP contribution in [0.2, 0.25) is 5.02 Å². The van der Waals surface area contributed by atoms with Gasteiger partial charge in [-0.3, -0.25) is 4.79 Å². The van der Waals surface area contributed by atoms with Crippen LogP contribution in [0, 0.1) is 0 Å². The zero-order valence-electron chi connectivity index (χ0n) is 10.8. The molecule has 1 aromatic rings. The number of benzene rings is 1. The molecule has 1 aliphatic heterocycles. The van der Waals surface area contributed by atoms with Gasteiger partial charge in [0, 0.05) is 19.0 Å². The van der Waals surface area contributed by atoms with Gasteiger partial charge >= 0.3 is 5.97 Å². The summed E-state index contributed by atoms with van der Waals surface area (Å²) in [6.45, 7) is 0.0758. The van der Waals surface area contributed by atoms with Gasteiger partial charge < -0.3 is 10.4 Å². The molecule has 1 unspecified atom stereocenters. The molecule has 0 saturated carbocycles. The third-order valence-electron chi connectivity index (χ3n) is 3.09. The molecule has 0 aliphatic carbocycles. The van der Waals surface area contributed by atoms with Gasteiger partial charge in [-0.2, -0.15) is 0 Å². The standard InChI is InChI=1S/C12H13ClN2O5S/c13-10-5-8(2-3-9(10)12(17)18)21(19,20)14-6-7-1-4-11(16)15-7/h2-3,5,7,14H,1,4,6H2,(H,15,16)(H,17,18). The van der Waals surface area contributed by atoms with Crippen LogP contribution in [0.5, 0.6) is 0 Å². The van der Waals surface area contributed by atoms with Crippen molar-refractivity contribution in [1.82, 2.24) is 10.0 Å². The van der Waals surface area contributed by atoms with Crippen LogP contribution in [-0.4, -0.2) is 38.0 Å². The monoisotopic (exact) mass is 332 g/mol. The Morgan fingerprint density at radius 2 is 2.19 bits per heavy atom. The van der Waals surface area contributed by atoms with Crippen molar-refractivity contribution < 1.29 is 23.1 Å². The number of carboxylic acids is 1. The third kappa shape index (κ3) is 3.72. The average molecular weight is 333 g/mol. The van der Waals surface area contributed by atoms with Crippen LogP contribution in [0.25, 0.3) is 0 Å². The van der Waals surface area contributed by atoms with Crippen molar-refractivity contribution in [2.45, 2.75) is 23.8 Å². The zero-order valence-corrected chi connectivity index (χ0v) is 12.4. The summed E-state index contributed by atoms with van der Waals surface area (Å²) in [6.07, 6.45) is 0.950. The van der Waals surface area contributed by atoms with E-state index in [9.17, 15) is 18.0 Å². The maximum atomic E-state index is 12.1. The molecule has 1 aromatic carbocycles. The molecule has 1 fully saturated rings. The molecule has 21 heavy (non-hydrogen) atoms. The van der Waals surface area contributed by atoms with Crippen LogP contribution < -0.4 is 10.0 Å². The molecular formula is C12H13ClN2O5S. The Morgan fingerprint density at radius 3 is 2.71 bits per heavy atom. The van der Waals surface area contributed by atoms with Crippen LogP contribution in [0.3, 0.4) is 0 Å². The Bertz CT molecular complexity index is 689. The fraction of sp³-hybridized carbons (Fsp3) is 0.333. The minimum atomic E-state index is -3.81. The number of carbonyl (C=O) groups is 2. The first-order valence-electron chi connectivity index (χ1n) is 6.11. The summed E-state index contributed by atoms with van der Waals surface area (Å²) in [7, 11) is -3.81. The number of halogens is 1. The predicted octanol–water partition coefficient (Wildman–Crippen LogP) is 0.595. The molecule has 1 heterocycles. The van der Waals surface area contributed by atoms with E-state index in [1.165, 1.54) is 6.07 Å². The van der Waals surface area contributed by atoms with E-state index in [1.807, 2.05) is 0 Å². The van der Waals surface area contributed by atoms with Crippen molar-refractivity contribution in [3.05, 3.63) is 28.8 Å². The van der Waals surface area contributed by atoms with E-state index in [4.69, 9.17) is 16.7 Å². The minimum Gasteiger partial charge on any atom is -0.478 e. The summed E-state index contributed by atoms with van der Waals surface area (Å²) >= 11 is 5.75. The molecule has 114 valence electrons. The Hall–Kier alpha value is -1.64. The third-order valence-corrected chi connectivity index (χ3v) is 4.82. The fourth-order valence-electron chi connectivity index (χ4n) is 1.96. The SMILES string of the molecule is O=C1CCC(CNS(=O)(=O)c2ccc(C(=O)O)c(Cl)c2)N1. The van der Waals surface area contributed by atoms with Crippen LogP contribution in [0.4, 0.5) is 0 Å². The molecule has 0 spiro atoms. The summed E-state index contributed by atoms with van der Waals surface area (Å²) in [6, 6.07) is 3.16. The first-order valence-corrected chi connectivity index (χ1v) is 7.97. The Morgan fingerprint density at radius 1 is 1.48 bits per heavy atom. The van der Waals surface area contributed by atoms with Gasteiger partial charge in [-0.25, -0.2) is 17.9 Å². The molecule has 2 rings (SSSR count). The highest BCUT2D eigenvalue weighted by molar-refractivity contribution is 7.89. The first-order chi connectivity index (χ1) is 9.79. The van der Waals surface area contributed by atoms with Gasteiger partial charge in [0.15, 0.2) is 0 Å². The molecule has 7 nitrogen and oxygen atoms in total. The lowest BCUT2D eigenvalue weighted by Gasteiger charge is -2.12. The molecule has 1 aliphatic rings. The smallest absolute Gasteiger partial charge is 0.337 e. The largest absolute Gasteiger partial charge is 0.478 e. The molecular weight excluding hydrogens is 320 g/mol. The van der Waals surface area contributed by atoms with Crippen molar-refractivity contribution in [2.24, 2.45) is 0 Å². The number of carboxylic acid groups (broad SMARTS) is 1. The Kier molecular flexibility index (Phi) is 4.50. The van der Waals surface area contributed by atoms with Gasteiger partial charge in [-0.05, 0) is 24.6 Å².